The zero-order valence-electron chi connectivity index (χ0n) is 11.3. The average Bonchev–Trinajstić information content (AvgIpc) is 2.46. The SMILES string of the molecule is Cc1ccnc(NS(=O)(=O)c2cccc3cccnc23)c1. The van der Waals surface area contributed by atoms with Crippen molar-refractivity contribution in [3.05, 3.63) is 60.4 Å². The molecule has 6 heteroatoms. The highest BCUT2D eigenvalue weighted by Crippen LogP contribution is 2.22. The molecule has 0 radical (unpaired) electrons. The summed E-state index contributed by atoms with van der Waals surface area (Å²) < 4.78 is 27.6. The minimum absolute atomic E-state index is 0.143. The van der Waals surface area contributed by atoms with Gasteiger partial charge in [-0.05, 0) is 36.8 Å². The van der Waals surface area contributed by atoms with Gasteiger partial charge in [0.15, 0.2) is 0 Å². The molecule has 0 fully saturated rings. The summed E-state index contributed by atoms with van der Waals surface area (Å²) in [5.41, 5.74) is 1.37. The van der Waals surface area contributed by atoms with E-state index in [1.807, 2.05) is 19.1 Å². The Hall–Kier alpha value is -2.47. The number of hydrogen-bond donors (Lipinski definition) is 1. The van der Waals surface area contributed by atoms with Gasteiger partial charge in [-0.1, -0.05) is 18.2 Å². The lowest BCUT2D eigenvalue weighted by molar-refractivity contribution is 0.601. The van der Waals surface area contributed by atoms with Gasteiger partial charge in [0.05, 0.1) is 5.52 Å². The molecule has 0 aliphatic carbocycles. The third-order valence-electron chi connectivity index (χ3n) is 3.04. The molecule has 0 aliphatic heterocycles. The number of sulfonamides is 1. The molecule has 2 heterocycles. The number of anilines is 1. The van der Waals surface area contributed by atoms with E-state index in [1.165, 1.54) is 6.07 Å². The predicted molar refractivity (Wildman–Crippen MR) is 81.5 cm³/mol. The summed E-state index contributed by atoms with van der Waals surface area (Å²) in [6.07, 6.45) is 3.14. The normalized spacial score (nSPS) is 11.5. The number of fused-ring (bicyclic) bond motifs is 1. The van der Waals surface area contributed by atoms with Crippen LogP contribution in [0.25, 0.3) is 10.9 Å². The first-order valence-electron chi connectivity index (χ1n) is 6.35. The fourth-order valence-corrected chi connectivity index (χ4v) is 3.26. The molecule has 21 heavy (non-hydrogen) atoms. The van der Waals surface area contributed by atoms with Gasteiger partial charge >= 0.3 is 0 Å². The molecule has 1 aromatic carbocycles. The summed E-state index contributed by atoms with van der Waals surface area (Å²) >= 11 is 0. The van der Waals surface area contributed by atoms with Gasteiger partial charge < -0.3 is 0 Å². The van der Waals surface area contributed by atoms with Crippen molar-refractivity contribution in [3.63, 3.8) is 0 Å². The monoisotopic (exact) mass is 299 g/mol. The maximum absolute atomic E-state index is 12.5. The molecule has 0 saturated carbocycles. The first-order chi connectivity index (χ1) is 10.1. The largest absolute Gasteiger partial charge is 0.265 e. The van der Waals surface area contributed by atoms with Crippen LogP contribution < -0.4 is 4.72 Å². The Kier molecular flexibility index (Phi) is 3.31. The average molecular weight is 299 g/mol. The molecule has 3 rings (SSSR count). The van der Waals surface area contributed by atoms with E-state index in [-0.39, 0.29) is 4.90 Å². The van der Waals surface area contributed by atoms with E-state index in [0.29, 0.717) is 11.3 Å². The van der Waals surface area contributed by atoms with Crippen LogP contribution >= 0.6 is 0 Å². The Balaban J connectivity index is 2.09. The molecule has 0 amide bonds. The summed E-state index contributed by atoms with van der Waals surface area (Å²) in [6.45, 7) is 1.87. The van der Waals surface area contributed by atoms with Crippen molar-refractivity contribution >= 4 is 26.7 Å². The topological polar surface area (TPSA) is 72.0 Å². The molecule has 2 aromatic heterocycles. The van der Waals surface area contributed by atoms with Gasteiger partial charge in [0.2, 0.25) is 0 Å². The number of nitrogens with zero attached hydrogens (tertiary/aromatic N) is 2. The molecule has 0 saturated heterocycles. The lowest BCUT2D eigenvalue weighted by atomic mass is 10.2. The van der Waals surface area contributed by atoms with Crippen LogP contribution in [0.4, 0.5) is 5.82 Å². The van der Waals surface area contributed by atoms with Crippen molar-refractivity contribution in [2.24, 2.45) is 0 Å². The molecule has 0 spiro atoms. The van der Waals surface area contributed by atoms with E-state index in [2.05, 4.69) is 14.7 Å². The molecule has 0 atom stereocenters. The van der Waals surface area contributed by atoms with E-state index in [0.717, 1.165) is 10.9 Å². The first-order valence-corrected chi connectivity index (χ1v) is 7.84. The van der Waals surface area contributed by atoms with Crippen molar-refractivity contribution < 1.29 is 8.42 Å². The van der Waals surface area contributed by atoms with E-state index >= 15 is 0 Å². The van der Waals surface area contributed by atoms with Crippen LogP contribution in [-0.2, 0) is 10.0 Å². The Morgan fingerprint density at radius 1 is 1.00 bits per heavy atom. The van der Waals surface area contributed by atoms with Crippen LogP contribution in [-0.4, -0.2) is 18.4 Å². The Morgan fingerprint density at radius 2 is 1.81 bits per heavy atom. The van der Waals surface area contributed by atoms with Crippen molar-refractivity contribution in [1.82, 2.24) is 9.97 Å². The summed E-state index contributed by atoms with van der Waals surface area (Å²) in [7, 11) is -3.73. The van der Waals surface area contributed by atoms with E-state index < -0.39 is 10.0 Å². The standard InChI is InChI=1S/C15H13N3O2S/c1-11-7-9-16-14(10-11)18-21(19,20)13-6-2-4-12-5-3-8-17-15(12)13/h2-10H,1H3,(H,16,18). The van der Waals surface area contributed by atoms with Gasteiger partial charge in [-0.3, -0.25) is 9.71 Å². The third kappa shape index (κ3) is 2.71. The van der Waals surface area contributed by atoms with Crippen LogP contribution in [0.15, 0.2) is 59.8 Å². The number of nitrogens with one attached hydrogen (secondary N) is 1. The molecule has 0 bridgehead atoms. The zero-order chi connectivity index (χ0) is 14.9. The number of rotatable bonds is 3. The van der Waals surface area contributed by atoms with Crippen LogP contribution in [0.2, 0.25) is 0 Å². The lowest BCUT2D eigenvalue weighted by Gasteiger charge is -2.09. The van der Waals surface area contributed by atoms with Crippen molar-refractivity contribution in [2.45, 2.75) is 11.8 Å². The lowest BCUT2D eigenvalue weighted by Crippen LogP contribution is -2.14. The first kappa shape index (κ1) is 13.5. The molecule has 1 N–H and O–H groups in total. The van der Waals surface area contributed by atoms with Crippen LogP contribution in [0.1, 0.15) is 5.56 Å². The van der Waals surface area contributed by atoms with Crippen LogP contribution in [0.3, 0.4) is 0 Å². The Bertz CT molecular complexity index is 902. The second kappa shape index (κ2) is 5.14. The highest BCUT2D eigenvalue weighted by molar-refractivity contribution is 7.93. The smallest absolute Gasteiger partial charge is 0.263 e. The van der Waals surface area contributed by atoms with Crippen molar-refractivity contribution in [3.8, 4) is 0 Å². The maximum atomic E-state index is 12.5. The highest BCUT2D eigenvalue weighted by Gasteiger charge is 2.18. The number of para-hydroxylation sites is 1. The van der Waals surface area contributed by atoms with E-state index in [4.69, 9.17) is 0 Å². The molecule has 0 aliphatic rings. The fourth-order valence-electron chi connectivity index (χ4n) is 2.08. The van der Waals surface area contributed by atoms with Gasteiger partial charge in [0, 0.05) is 17.8 Å². The van der Waals surface area contributed by atoms with Crippen molar-refractivity contribution in [2.75, 3.05) is 4.72 Å². The molecule has 5 nitrogen and oxygen atoms in total. The van der Waals surface area contributed by atoms with Gasteiger partial charge in [-0.2, -0.15) is 0 Å². The summed E-state index contributed by atoms with van der Waals surface area (Å²) in [5, 5.41) is 0.776. The minimum atomic E-state index is -3.73. The summed E-state index contributed by atoms with van der Waals surface area (Å²) in [5.74, 6) is 0.294. The minimum Gasteiger partial charge on any atom is -0.263 e. The third-order valence-corrected chi connectivity index (χ3v) is 4.43. The zero-order valence-corrected chi connectivity index (χ0v) is 12.1. The number of pyridine rings is 2. The summed E-state index contributed by atoms with van der Waals surface area (Å²) in [6, 6.07) is 12.1. The van der Waals surface area contributed by atoms with Gasteiger partial charge in [0.25, 0.3) is 10.0 Å². The fraction of sp³-hybridized carbons (Fsp3) is 0.0667. The molecule has 3 aromatic rings. The van der Waals surface area contributed by atoms with E-state index in [1.54, 1.807) is 36.7 Å². The number of benzene rings is 1. The Morgan fingerprint density at radius 3 is 2.62 bits per heavy atom. The van der Waals surface area contributed by atoms with Gasteiger partial charge in [-0.15, -0.1) is 0 Å². The second-order valence-electron chi connectivity index (χ2n) is 4.66. The predicted octanol–water partition coefficient (Wildman–Crippen LogP) is 2.74. The van der Waals surface area contributed by atoms with E-state index in [9.17, 15) is 8.42 Å². The number of aryl methyl sites for hydroxylation is 1. The van der Waals surface area contributed by atoms with Crippen molar-refractivity contribution in [1.29, 1.82) is 0 Å². The second-order valence-corrected chi connectivity index (χ2v) is 6.31. The maximum Gasteiger partial charge on any atom is 0.265 e. The number of hydrogen-bond acceptors (Lipinski definition) is 4. The summed E-state index contributed by atoms with van der Waals surface area (Å²) in [4.78, 5) is 8.33. The highest BCUT2D eigenvalue weighted by atomic mass is 32.2. The molecular weight excluding hydrogens is 286 g/mol. The molecule has 106 valence electrons. The van der Waals surface area contributed by atoms with Gasteiger partial charge in [0.1, 0.15) is 10.7 Å². The molecule has 0 unspecified atom stereocenters. The van der Waals surface area contributed by atoms with Crippen LogP contribution in [0.5, 0.6) is 0 Å². The van der Waals surface area contributed by atoms with Crippen LogP contribution in [0, 0.1) is 6.92 Å². The quantitative estimate of drug-likeness (QED) is 0.807. The molecular formula is C15H13N3O2S. The van der Waals surface area contributed by atoms with Gasteiger partial charge in [-0.25, -0.2) is 13.4 Å². The number of aromatic nitrogens is 2. The Labute approximate surface area is 122 Å².